The Hall–Kier alpha value is -3.49. The van der Waals surface area contributed by atoms with Crippen molar-refractivity contribution in [1.82, 2.24) is 14.5 Å². The normalized spacial score (nSPS) is 10.9. The van der Waals surface area contributed by atoms with E-state index in [-0.39, 0.29) is 30.5 Å². The number of anilines is 1. The minimum Gasteiger partial charge on any atom is -0.335 e. The molecule has 2 aromatic heterocycles. The van der Waals surface area contributed by atoms with E-state index in [4.69, 9.17) is 11.6 Å². The van der Waals surface area contributed by atoms with Crippen LogP contribution in [-0.2, 0) is 16.1 Å². The minimum absolute atomic E-state index is 0.180. The monoisotopic (exact) mass is 494 g/mol. The maximum Gasteiger partial charge on any atom is 0.263 e. The van der Waals surface area contributed by atoms with Crippen LogP contribution in [0.5, 0.6) is 0 Å². The lowest BCUT2D eigenvalue weighted by Gasteiger charge is -2.17. The number of nitrogens with zero attached hydrogens (tertiary/aromatic N) is 3. The summed E-state index contributed by atoms with van der Waals surface area (Å²) < 4.78 is 1.28. The number of carbonyl (C=O) groups is 2. The van der Waals surface area contributed by atoms with Crippen molar-refractivity contribution in [2.24, 2.45) is 0 Å². The number of benzene rings is 2. The van der Waals surface area contributed by atoms with Gasteiger partial charge in [0, 0.05) is 18.0 Å². The van der Waals surface area contributed by atoms with E-state index in [0.717, 1.165) is 16.7 Å². The van der Waals surface area contributed by atoms with E-state index in [1.807, 2.05) is 37.4 Å². The van der Waals surface area contributed by atoms with Crippen LogP contribution in [0, 0.1) is 13.8 Å². The number of aryl methyl sites for hydroxylation is 2. The molecule has 4 rings (SSSR count). The number of halogens is 1. The number of likely N-dealkylation sites (N-methyl/N-ethyl adjacent to an activating group) is 1. The number of hydrogen-bond acceptors (Lipinski definition) is 5. The highest BCUT2D eigenvalue weighted by molar-refractivity contribution is 7.17. The van der Waals surface area contributed by atoms with E-state index in [9.17, 15) is 14.4 Å². The second kappa shape index (κ2) is 9.79. The highest BCUT2D eigenvalue weighted by Gasteiger charge is 2.18. The predicted molar refractivity (Wildman–Crippen MR) is 137 cm³/mol. The molecule has 0 aliphatic carbocycles. The van der Waals surface area contributed by atoms with E-state index in [1.54, 1.807) is 24.3 Å². The zero-order chi connectivity index (χ0) is 24.4. The number of hydrogen-bond donors (Lipinski definition) is 1. The Labute approximate surface area is 205 Å². The first kappa shape index (κ1) is 23.7. The van der Waals surface area contributed by atoms with Crippen molar-refractivity contribution < 1.29 is 9.59 Å². The molecule has 0 saturated heterocycles. The second-order valence-corrected chi connectivity index (χ2v) is 9.35. The molecule has 9 heteroatoms. The van der Waals surface area contributed by atoms with Crippen LogP contribution in [-0.4, -0.2) is 39.9 Å². The molecule has 34 heavy (non-hydrogen) atoms. The van der Waals surface area contributed by atoms with Gasteiger partial charge < -0.3 is 10.2 Å². The van der Waals surface area contributed by atoms with Crippen LogP contribution < -0.4 is 10.9 Å². The quantitative estimate of drug-likeness (QED) is 0.428. The van der Waals surface area contributed by atoms with Gasteiger partial charge in [-0.3, -0.25) is 19.0 Å². The van der Waals surface area contributed by atoms with Crippen LogP contribution >= 0.6 is 22.9 Å². The fourth-order valence-electron chi connectivity index (χ4n) is 3.52. The summed E-state index contributed by atoms with van der Waals surface area (Å²) in [5.41, 5.74) is 4.22. The molecule has 0 radical (unpaired) electrons. The number of nitrogens with one attached hydrogen (secondary N) is 1. The minimum atomic E-state index is -0.389. The number of carbonyl (C=O) groups excluding carboxylic acids is 2. The highest BCUT2D eigenvalue weighted by Crippen LogP contribution is 2.31. The molecule has 2 heterocycles. The smallest absolute Gasteiger partial charge is 0.263 e. The zero-order valence-electron chi connectivity index (χ0n) is 19.0. The third kappa shape index (κ3) is 4.88. The van der Waals surface area contributed by atoms with Crippen LogP contribution in [0.3, 0.4) is 0 Å². The van der Waals surface area contributed by atoms with Gasteiger partial charge >= 0.3 is 0 Å². The molecule has 2 aromatic carbocycles. The van der Waals surface area contributed by atoms with Gasteiger partial charge in [-0.05, 0) is 42.7 Å². The third-order valence-electron chi connectivity index (χ3n) is 5.64. The molecular formula is C25H23ClN4O3S. The third-order valence-corrected chi connectivity index (χ3v) is 6.85. The van der Waals surface area contributed by atoms with Crippen molar-refractivity contribution in [3.63, 3.8) is 0 Å². The molecule has 0 aliphatic rings. The van der Waals surface area contributed by atoms with Gasteiger partial charge in [0.15, 0.2) is 0 Å². The number of thiophene rings is 1. The number of amides is 2. The fourth-order valence-corrected chi connectivity index (χ4v) is 4.61. The van der Waals surface area contributed by atoms with Crippen LogP contribution in [0.4, 0.5) is 5.69 Å². The molecule has 1 N–H and O–H groups in total. The molecule has 174 valence electrons. The van der Waals surface area contributed by atoms with Gasteiger partial charge in [-0.25, -0.2) is 4.98 Å². The van der Waals surface area contributed by atoms with E-state index in [1.165, 1.54) is 39.7 Å². The van der Waals surface area contributed by atoms with Crippen molar-refractivity contribution in [3.05, 3.63) is 80.7 Å². The average Bonchev–Trinajstić information content (AvgIpc) is 3.24. The van der Waals surface area contributed by atoms with E-state index in [0.29, 0.717) is 20.9 Å². The molecule has 0 unspecified atom stereocenters. The summed E-state index contributed by atoms with van der Waals surface area (Å²) in [6.45, 7) is 3.66. The molecule has 7 nitrogen and oxygen atoms in total. The molecule has 0 spiro atoms. The maximum absolute atomic E-state index is 13.3. The highest BCUT2D eigenvalue weighted by atomic mass is 35.5. The van der Waals surface area contributed by atoms with Gasteiger partial charge in [0.25, 0.3) is 5.56 Å². The van der Waals surface area contributed by atoms with Crippen LogP contribution in [0.1, 0.15) is 11.1 Å². The molecule has 0 atom stereocenters. The van der Waals surface area contributed by atoms with E-state index in [2.05, 4.69) is 10.3 Å². The number of fused-ring (bicyclic) bond motifs is 1. The second-order valence-electron chi connectivity index (χ2n) is 8.08. The predicted octanol–water partition coefficient (Wildman–Crippen LogP) is 4.49. The lowest BCUT2D eigenvalue weighted by Crippen LogP contribution is -2.38. The Kier molecular flexibility index (Phi) is 6.81. The summed E-state index contributed by atoms with van der Waals surface area (Å²) in [5, 5.41) is 5.50. The Balaban J connectivity index is 1.52. The van der Waals surface area contributed by atoms with Gasteiger partial charge in [-0.2, -0.15) is 0 Å². The summed E-state index contributed by atoms with van der Waals surface area (Å²) in [6.07, 6.45) is 1.38. The van der Waals surface area contributed by atoms with Gasteiger partial charge in [0.2, 0.25) is 11.8 Å². The summed E-state index contributed by atoms with van der Waals surface area (Å²) in [5.74, 6) is -0.778. The first-order valence-corrected chi connectivity index (χ1v) is 11.8. The SMILES string of the molecule is Cc1ccc(-c2csc3ncn(CC(=O)N(C)CC(=O)Nc4ccccc4Cl)c(=O)c23)cc1C. The molecule has 0 aliphatic heterocycles. The van der Waals surface area contributed by atoms with Crippen molar-refractivity contribution in [2.45, 2.75) is 20.4 Å². The topological polar surface area (TPSA) is 84.3 Å². The summed E-state index contributed by atoms with van der Waals surface area (Å²) in [6, 6.07) is 12.9. The molecule has 4 aromatic rings. The number of para-hydroxylation sites is 1. The van der Waals surface area contributed by atoms with Gasteiger partial charge in [0.1, 0.15) is 11.4 Å². The zero-order valence-corrected chi connectivity index (χ0v) is 20.5. The molecule has 0 bridgehead atoms. The largest absolute Gasteiger partial charge is 0.335 e. The molecule has 2 amide bonds. The van der Waals surface area contributed by atoms with E-state index >= 15 is 0 Å². The average molecular weight is 495 g/mol. The first-order chi connectivity index (χ1) is 16.2. The van der Waals surface area contributed by atoms with Crippen LogP contribution in [0.2, 0.25) is 5.02 Å². The fraction of sp³-hybridized carbons (Fsp3) is 0.200. The molecule has 0 fully saturated rings. The summed E-state index contributed by atoms with van der Waals surface area (Å²) in [7, 11) is 1.51. The summed E-state index contributed by atoms with van der Waals surface area (Å²) in [4.78, 5) is 44.6. The molecule has 0 saturated carbocycles. The van der Waals surface area contributed by atoms with Crippen molar-refractivity contribution in [1.29, 1.82) is 0 Å². The first-order valence-electron chi connectivity index (χ1n) is 10.6. The van der Waals surface area contributed by atoms with E-state index < -0.39 is 0 Å². The van der Waals surface area contributed by atoms with Crippen LogP contribution in [0.15, 0.2) is 59.0 Å². The lowest BCUT2D eigenvalue weighted by atomic mass is 10.0. The molecular weight excluding hydrogens is 472 g/mol. The van der Waals surface area contributed by atoms with Gasteiger partial charge in [-0.15, -0.1) is 11.3 Å². The van der Waals surface area contributed by atoms with Crippen molar-refractivity contribution >= 4 is 50.7 Å². The lowest BCUT2D eigenvalue weighted by molar-refractivity contribution is -0.133. The standard InChI is InChI=1S/C25H23ClN4O3S/c1-15-8-9-17(10-16(15)2)18-13-34-24-23(18)25(33)30(14-27-24)12-22(32)29(3)11-21(31)28-20-7-5-4-6-19(20)26/h4-10,13-14H,11-12H2,1-3H3,(H,28,31). The Morgan fingerprint density at radius 2 is 1.91 bits per heavy atom. The number of aromatic nitrogens is 2. The van der Waals surface area contributed by atoms with Crippen molar-refractivity contribution in [3.8, 4) is 11.1 Å². The number of rotatable bonds is 6. The maximum atomic E-state index is 13.3. The van der Waals surface area contributed by atoms with Gasteiger partial charge in [0.05, 0.1) is 29.0 Å². The Morgan fingerprint density at radius 3 is 2.65 bits per heavy atom. The van der Waals surface area contributed by atoms with Crippen LogP contribution in [0.25, 0.3) is 21.3 Å². The summed E-state index contributed by atoms with van der Waals surface area (Å²) >= 11 is 7.46. The van der Waals surface area contributed by atoms with Crippen molar-refractivity contribution in [2.75, 3.05) is 18.9 Å². The van der Waals surface area contributed by atoms with Gasteiger partial charge in [-0.1, -0.05) is 41.9 Å². The Bertz CT molecular complexity index is 1460. The Morgan fingerprint density at radius 1 is 1.15 bits per heavy atom.